The zero-order valence-corrected chi connectivity index (χ0v) is 17.6. The van der Waals surface area contributed by atoms with Crippen LogP contribution in [0.1, 0.15) is 25.5 Å². The minimum absolute atomic E-state index is 0.0305. The van der Waals surface area contributed by atoms with Gasteiger partial charge in [0.15, 0.2) is 11.5 Å². The van der Waals surface area contributed by atoms with Crippen molar-refractivity contribution in [1.29, 1.82) is 0 Å². The van der Waals surface area contributed by atoms with Crippen molar-refractivity contribution < 1.29 is 19.0 Å². The largest absolute Gasteiger partial charge is 0.493 e. The molecule has 0 aliphatic carbocycles. The molecular formula is C21H27ClN2O4. The lowest BCUT2D eigenvalue weighted by atomic mass is 9.96. The van der Waals surface area contributed by atoms with Gasteiger partial charge in [-0.1, -0.05) is 37.6 Å². The zero-order chi connectivity index (χ0) is 20.7. The molecule has 2 N–H and O–H groups in total. The molecule has 1 unspecified atom stereocenters. The fraction of sp³-hybridized carbons (Fsp3) is 0.381. The van der Waals surface area contributed by atoms with E-state index in [1.54, 1.807) is 12.1 Å². The summed E-state index contributed by atoms with van der Waals surface area (Å²) in [5.74, 6) is 1.56. The monoisotopic (exact) mass is 406 g/mol. The third kappa shape index (κ3) is 5.53. The molecule has 7 heteroatoms. The van der Waals surface area contributed by atoms with E-state index >= 15 is 0 Å². The van der Waals surface area contributed by atoms with Gasteiger partial charge in [0, 0.05) is 28.9 Å². The Balaban J connectivity index is 2.07. The molecule has 0 saturated carbocycles. The van der Waals surface area contributed by atoms with Gasteiger partial charge in [-0.2, -0.15) is 0 Å². The Morgan fingerprint density at radius 3 is 2.04 bits per heavy atom. The van der Waals surface area contributed by atoms with Crippen LogP contribution < -0.4 is 24.8 Å². The molecule has 0 radical (unpaired) electrons. The fourth-order valence-electron chi connectivity index (χ4n) is 2.97. The molecule has 2 aromatic rings. The zero-order valence-electron chi connectivity index (χ0n) is 16.8. The molecule has 2 aromatic carbocycles. The van der Waals surface area contributed by atoms with Crippen molar-refractivity contribution in [3.63, 3.8) is 0 Å². The summed E-state index contributed by atoms with van der Waals surface area (Å²) in [5, 5.41) is 6.86. The minimum atomic E-state index is -0.172. The summed E-state index contributed by atoms with van der Waals surface area (Å²) in [4.78, 5) is 12.5. The van der Waals surface area contributed by atoms with E-state index in [1.165, 1.54) is 21.3 Å². The number of methoxy groups -OCH3 is 3. The molecule has 6 nitrogen and oxygen atoms in total. The van der Waals surface area contributed by atoms with Crippen LogP contribution in [-0.2, 0) is 4.79 Å². The van der Waals surface area contributed by atoms with Gasteiger partial charge in [-0.25, -0.2) is 0 Å². The highest BCUT2D eigenvalue weighted by atomic mass is 35.5. The Hall–Kier alpha value is -2.44. The number of ether oxygens (including phenoxy) is 3. The molecule has 0 aromatic heterocycles. The SMILES string of the molecule is COc1cc(NC(=O)CNC(c2ccc(Cl)cc2)C(C)C)cc(OC)c1OC. The number of carbonyl (C=O) groups is 1. The number of benzene rings is 2. The second-order valence-corrected chi connectivity index (χ2v) is 7.05. The van der Waals surface area contributed by atoms with Gasteiger partial charge < -0.3 is 24.8 Å². The number of nitrogens with one attached hydrogen (secondary N) is 2. The van der Waals surface area contributed by atoms with Gasteiger partial charge in [0.05, 0.1) is 27.9 Å². The summed E-state index contributed by atoms with van der Waals surface area (Å²) in [6.45, 7) is 4.36. The van der Waals surface area contributed by atoms with Crippen LogP contribution in [0.25, 0.3) is 0 Å². The molecule has 152 valence electrons. The van der Waals surface area contributed by atoms with E-state index in [0.29, 0.717) is 33.9 Å². The average Bonchev–Trinajstić information content (AvgIpc) is 2.68. The fourth-order valence-corrected chi connectivity index (χ4v) is 3.10. The third-order valence-electron chi connectivity index (χ3n) is 4.33. The molecule has 0 aliphatic rings. The normalized spacial score (nSPS) is 11.8. The van der Waals surface area contributed by atoms with Crippen LogP contribution in [0.2, 0.25) is 5.02 Å². The quantitative estimate of drug-likeness (QED) is 0.650. The van der Waals surface area contributed by atoms with Crippen LogP contribution in [0.5, 0.6) is 17.2 Å². The molecule has 0 saturated heterocycles. The van der Waals surface area contributed by atoms with Gasteiger partial charge in [0.25, 0.3) is 0 Å². The lowest BCUT2D eigenvalue weighted by Crippen LogP contribution is -2.33. The molecule has 0 fully saturated rings. The maximum absolute atomic E-state index is 12.5. The summed E-state index contributed by atoms with van der Waals surface area (Å²) < 4.78 is 15.9. The standard InChI is InChI=1S/C21H27ClN2O4/c1-13(2)20(14-6-8-15(22)9-7-14)23-12-19(25)24-16-10-17(26-3)21(28-5)18(11-16)27-4/h6-11,13,20,23H,12H2,1-5H3,(H,24,25). The molecule has 0 heterocycles. The Morgan fingerprint density at radius 1 is 1.00 bits per heavy atom. The van der Waals surface area contributed by atoms with Gasteiger partial charge in [-0.15, -0.1) is 0 Å². The van der Waals surface area contributed by atoms with Crippen molar-refractivity contribution in [3.05, 3.63) is 47.0 Å². The highest BCUT2D eigenvalue weighted by Crippen LogP contribution is 2.39. The van der Waals surface area contributed by atoms with E-state index in [4.69, 9.17) is 25.8 Å². The maximum Gasteiger partial charge on any atom is 0.238 e. The van der Waals surface area contributed by atoms with E-state index in [2.05, 4.69) is 24.5 Å². The van der Waals surface area contributed by atoms with Crippen LogP contribution >= 0.6 is 11.6 Å². The van der Waals surface area contributed by atoms with Crippen molar-refractivity contribution in [2.75, 3.05) is 33.2 Å². The molecule has 1 amide bonds. The van der Waals surface area contributed by atoms with E-state index < -0.39 is 0 Å². The molecule has 2 rings (SSSR count). The van der Waals surface area contributed by atoms with E-state index in [0.717, 1.165) is 5.56 Å². The predicted molar refractivity (Wildman–Crippen MR) is 112 cm³/mol. The summed E-state index contributed by atoms with van der Waals surface area (Å²) in [5.41, 5.74) is 1.65. The topological polar surface area (TPSA) is 68.8 Å². The van der Waals surface area contributed by atoms with Crippen molar-refractivity contribution in [2.24, 2.45) is 5.92 Å². The Kier molecular flexibility index (Phi) is 7.96. The highest BCUT2D eigenvalue weighted by Gasteiger charge is 2.18. The van der Waals surface area contributed by atoms with E-state index in [1.807, 2.05) is 24.3 Å². The lowest BCUT2D eigenvalue weighted by Gasteiger charge is -2.23. The first-order valence-corrected chi connectivity index (χ1v) is 9.36. The molecule has 1 atom stereocenters. The molecule has 28 heavy (non-hydrogen) atoms. The average molecular weight is 407 g/mol. The maximum atomic E-state index is 12.5. The third-order valence-corrected chi connectivity index (χ3v) is 4.58. The highest BCUT2D eigenvalue weighted by molar-refractivity contribution is 6.30. The number of hydrogen-bond donors (Lipinski definition) is 2. The van der Waals surface area contributed by atoms with Crippen molar-refractivity contribution in [2.45, 2.75) is 19.9 Å². The van der Waals surface area contributed by atoms with Crippen LogP contribution in [0.4, 0.5) is 5.69 Å². The smallest absolute Gasteiger partial charge is 0.238 e. The van der Waals surface area contributed by atoms with Gasteiger partial charge >= 0.3 is 0 Å². The number of anilines is 1. The van der Waals surface area contributed by atoms with Crippen LogP contribution in [-0.4, -0.2) is 33.8 Å². The lowest BCUT2D eigenvalue weighted by molar-refractivity contribution is -0.115. The summed E-state index contributed by atoms with van der Waals surface area (Å²) in [6.07, 6.45) is 0. The summed E-state index contributed by atoms with van der Waals surface area (Å²) in [7, 11) is 4.60. The molecule has 0 bridgehead atoms. The molecule has 0 aliphatic heterocycles. The Morgan fingerprint density at radius 2 is 1.57 bits per heavy atom. The predicted octanol–water partition coefficient (Wildman–Crippen LogP) is 4.29. The van der Waals surface area contributed by atoms with Gasteiger partial charge in [0.2, 0.25) is 11.7 Å². The number of amides is 1. The number of hydrogen-bond acceptors (Lipinski definition) is 5. The van der Waals surface area contributed by atoms with Gasteiger partial charge in [-0.05, 0) is 23.6 Å². The summed E-state index contributed by atoms with van der Waals surface area (Å²) >= 11 is 5.97. The Bertz CT molecular complexity index is 768. The second-order valence-electron chi connectivity index (χ2n) is 6.62. The van der Waals surface area contributed by atoms with Crippen molar-refractivity contribution >= 4 is 23.2 Å². The van der Waals surface area contributed by atoms with E-state index in [-0.39, 0.29) is 18.5 Å². The van der Waals surface area contributed by atoms with E-state index in [9.17, 15) is 4.79 Å². The second kappa shape index (κ2) is 10.2. The first-order valence-electron chi connectivity index (χ1n) is 8.98. The van der Waals surface area contributed by atoms with Crippen LogP contribution in [0, 0.1) is 5.92 Å². The van der Waals surface area contributed by atoms with Crippen LogP contribution in [0.3, 0.4) is 0 Å². The van der Waals surface area contributed by atoms with Crippen molar-refractivity contribution in [1.82, 2.24) is 5.32 Å². The first-order chi connectivity index (χ1) is 13.4. The van der Waals surface area contributed by atoms with Crippen molar-refractivity contribution in [3.8, 4) is 17.2 Å². The Labute approximate surface area is 171 Å². The first kappa shape index (κ1) is 21.9. The summed E-state index contributed by atoms with van der Waals surface area (Å²) in [6, 6.07) is 11.1. The molecular weight excluding hydrogens is 380 g/mol. The van der Waals surface area contributed by atoms with Gasteiger partial charge in [0.1, 0.15) is 0 Å². The minimum Gasteiger partial charge on any atom is -0.493 e. The number of rotatable bonds is 9. The van der Waals surface area contributed by atoms with Crippen LogP contribution in [0.15, 0.2) is 36.4 Å². The number of halogens is 1. The van der Waals surface area contributed by atoms with Gasteiger partial charge in [-0.3, -0.25) is 4.79 Å². The molecule has 0 spiro atoms. The number of carbonyl (C=O) groups excluding carboxylic acids is 1.